The van der Waals surface area contributed by atoms with E-state index in [1.807, 2.05) is 0 Å². The molecule has 1 aromatic carbocycles. The highest BCUT2D eigenvalue weighted by Gasteiger charge is 2.26. The number of ether oxygens (including phenoxy) is 1. The summed E-state index contributed by atoms with van der Waals surface area (Å²) < 4.78 is 5.63. The third-order valence-corrected chi connectivity index (χ3v) is 10.8. The first kappa shape index (κ1) is 59.9. The summed E-state index contributed by atoms with van der Waals surface area (Å²) in [7, 11) is 5.11. The molecule has 0 unspecified atom stereocenters. The monoisotopic (exact) mass is 960 g/mol. The maximum atomic E-state index is 12.6. The number of aliphatic carboxylic acids is 3. The first-order valence-corrected chi connectivity index (χ1v) is 23.2. The van der Waals surface area contributed by atoms with E-state index in [-0.39, 0.29) is 43.7 Å². The molecule has 0 saturated heterocycles. The molecule has 0 spiro atoms. The summed E-state index contributed by atoms with van der Waals surface area (Å²) in [5.41, 5.74) is 11.1. The lowest BCUT2D eigenvalue weighted by atomic mass is 9.92. The third kappa shape index (κ3) is 28.8. The zero-order valence-electron chi connectivity index (χ0n) is 38.7. The van der Waals surface area contributed by atoms with Crippen LogP contribution in [0.25, 0.3) is 0 Å². The molecule has 5 amide bonds. The maximum absolute atomic E-state index is 12.6. The van der Waals surface area contributed by atoms with E-state index >= 15 is 0 Å². The van der Waals surface area contributed by atoms with E-state index in [1.165, 1.54) is 12.1 Å². The lowest BCUT2D eigenvalue weighted by Gasteiger charge is -2.18. The van der Waals surface area contributed by atoms with Crippen LogP contribution in [0.4, 0.5) is 0 Å². The molecule has 1 aromatic rings. The van der Waals surface area contributed by atoms with E-state index in [4.69, 9.17) is 29.2 Å². The predicted octanol–water partition coefficient (Wildman–Crippen LogP) is 1.25. The molecule has 0 aliphatic heterocycles. The molecule has 5 atom stereocenters. The van der Waals surface area contributed by atoms with Gasteiger partial charge >= 0.3 is 23.9 Å². The van der Waals surface area contributed by atoms with Crippen LogP contribution in [-0.4, -0.2) is 137 Å². The Balaban J connectivity index is 2.28. The van der Waals surface area contributed by atoms with Crippen molar-refractivity contribution in [2.75, 3.05) is 19.7 Å². The van der Waals surface area contributed by atoms with Gasteiger partial charge in [-0.2, -0.15) is 0 Å². The van der Waals surface area contributed by atoms with Gasteiger partial charge in [0.15, 0.2) is 7.85 Å². The second-order valence-corrected chi connectivity index (χ2v) is 16.5. The lowest BCUT2D eigenvalue weighted by molar-refractivity contribution is -0.144. The second-order valence-electron chi connectivity index (χ2n) is 16.5. The Morgan fingerprint density at radius 3 is 1.35 bits per heavy atom. The Morgan fingerprint density at radius 1 is 0.485 bits per heavy atom. The minimum absolute atomic E-state index is 0.0858. The maximum Gasteiger partial charge on any atom is 0.335 e. The van der Waals surface area contributed by atoms with Gasteiger partial charge in [-0.25, -0.2) is 19.2 Å². The highest BCUT2D eigenvalue weighted by molar-refractivity contribution is 6.59. The number of carbonyl (C=O) groups excluding carboxylic acids is 6. The average molecular weight is 960 g/mol. The molecule has 0 heterocycles. The van der Waals surface area contributed by atoms with Crippen molar-refractivity contribution >= 4 is 66.9 Å². The van der Waals surface area contributed by atoms with Crippen molar-refractivity contribution in [3.8, 4) is 5.75 Å². The molecule has 13 N–H and O–H groups in total. The van der Waals surface area contributed by atoms with E-state index in [0.717, 1.165) is 44.9 Å². The first-order valence-electron chi connectivity index (χ1n) is 23.2. The SMILES string of the molecule is [B]C(=O)[C@@H](N)CCCCNC(=O)[C@@H](N)CCCCNC(=O)CC[C@H](NC(=O)CC[C@H](NC(=O)CC[C@H](NC(=O)CCCCCCCCCCOc1ccc(C(=O)O)cc1)C(=O)O)C(=O)O)C(=O)O. The minimum Gasteiger partial charge on any atom is -0.494 e. The van der Waals surface area contributed by atoms with Crippen LogP contribution in [0.2, 0.25) is 0 Å². The van der Waals surface area contributed by atoms with Gasteiger partial charge in [-0.1, -0.05) is 38.5 Å². The van der Waals surface area contributed by atoms with Crippen LogP contribution >= 0.6 is 0 Å². The van der Waals surface area contributed by atoms with Crippen molar-refractivity contribution in [3.63, 3.8) is 0 Å². The second kappa shape index (κ2) is 35.1. The molecule has 22 nitrogen and oxygen atoms in total. The van der Waals surface area contributed by atoms with Crippen LogP contribution < -0.4 is 42.8 Å². The van der Waals surface area contributed by atoms with Gasteiger partial charge < -0.3 is 68.0 Å². The molecule has 1 rings (SSSR count). The number of hydrogen-bond acceptors (Lipinski definition) is 13. The molecule has 2 radical (unpaired) electrons. The van der Waals surface area contributed by atoms with Crippen molar-refractivity contribution in [1.29, 1.82) is 0 Å². The molecular formula is C45H70BN7O15. The number of carbonyl (C=O) groups is 10. The fourth-order valence-electron chi connectivity index (χ4n) is 6.64. The van der Waals surface area contributed by atoms with Gasteiger partial charge in [0.05, 0.1) is 29.9 Å². The van der Waals surface area contributed by atoms with Crippen molar-refractivity contribution in [3.05, 3.63) is 29.8 Å². The van der Waals surface area contributed by atoms with Gasteiger partial charge in [0.1, 0.15) is 23.9 Å². The Labute approximate surface area is 397 Å². The summed E-state index contributed by atoms with van der Waals surface area (Å²) in [4.78, 5) is 119. The number of carboxylic acids is 4. The van der Waals surface area contributed by atoms with Crippen LogP contribution in [0.1, 0.15) is 145 Å². The zero-order chi connectivity index (χ0) is 50.9. The van der Waals surface area contributed by atoms with Gasteiger partial charge in [-0.3, -0.25) is 24.0 Å². The van der Waals surface area contributed by atoms with Crippen molar-refractivity contribution in [2.45, 2.75) is 165 Å². The highest BCUT2D eigenvalue weighted by atomic mass is 16.5. The fourth-order valence-corrected chi connectivity index (χ4v) is 6.64. The molecule has 0 aliphatic rings. The van der Waals surface area contributed by atoms with Crippen molar-refractivity contribution in [2.24, 2.45) is 11.5 Å². The highest BCUT2D eigenvalue weighted by Crippen LogP contribution is 2.15. The molecule has 0 fully saturated rings. The molecule has 0 aromatic heterocycles. The van der Waals surface area contributed by atoms with Gasteiger partial charge in [-0.15, -0.1) is 0 Å². The van der Waals surface area contributed by atoms with Crippen LogP contribution in [0.3, 0.4) is 0 Å². The molecule has 23 heteroatoms. The van der Waals surface area contributed by atoms with E-state index in [2.05, 4.69) is 26.6 Å². The molecule has 0 bridgehead atoms. The largest absolute Gasteiger partial charge is 0.494 e. The van der Waals surface area contributed by atoms with E-state index < -0.39 is 103 Å². The summed E-state index contributed by atoms with van der Waals surface area (Å²) in [5.74, 6) is -7.69. The molecule has 0 aliphatic carbocycles. The zero-order valence-corrected chi connectivity index (χ0v) is 38.7. The summed E-state index contributed by atoms with van der Waals surface area (Å²) in [6.45, 7) is 1.11. The predicted molar refractivity (Wildman–Crippen MR) is 247 cm³/mol. The van der Waals surface area contributed by atoms with Gasteiger partial charge in [-0.05, 0) is 94.9 Å². The normalized spacial score (nSPS) is 13.1. The van der Waals surface area contributed by atoms with E-state index in [0.29, 0.717) is 63.8 Å². The first-order chi connectivity index (χ1) is 32.3. The Kier molecular flexibility index (Phi) is 30.9. The smallest absolute Gasteiger partial charge is 0.335 e. The standard InChI is InChI=1S/C45H70BN7O15/c46-40(58)31(47)13-8-11-27-50-41(59)32(48)14-9-10-26-49-36(54)23-20-33(43(62)63)52-38(56)25-22-35(45(66)67)53-39(57)24-21-34(44(64)65)51-37(55)15-7-5-3-1-2-4-6-12-28-68-30-18-16-29(17-19-30)42(60)61/h16-19,31-35H,1-15,20-28,47-48H2,(H,49,54)(H,50,59)(H,51,55)(H,52,56)(H,53,57)(H,60,61)(H,62,63)(H,64,65)(H,66,67)/t31-,32-,33-,34-,35-/m0/s1. The Hall–Kier alpha value is -6.10. The Bertz CT molecular complexity index is 1790. The lowest BCUT2D eigenvalue weighted by Crippen LogP contribution is -2.45. The molecular weight excluding hydrogens is 889 g/mol. The minimum atomic E-state index is -1.57. The number of carboxylic acid groups (broad SMARTS) is 4. The molecule has 378 valence electrons. The van der Waals surface area contributed by atoms with E-state index in [9.17, 15) is 63.3 Å². The van der Waals surface area contributed by atoms with Crippen molar-refractivity contribution in [1.82, 2.24) is 26.6 Å². The topological polar surface area (TPSA) is 373 Å². The number of benzene rings is 1. The van der Waals surface area contributed by atoms with Crippen LogP contribution in [-0.2, 0) is 43.2 Å². The quantitative estimate of drug-likeness (QED) is 0.0326. The van der Waals surface area contributed by atoms with Crippen LogP contribution in [0, 0.1) is 0 Å². The summed E-state index contributed by atoms with van der Waals surface area (Å²) in [5, 5.41) is 50.0. The number of amides is 5. The average Bonchev–Trinajstić information content (AvgIpc) is 3.28. The number of nitrogens with two attached hydrogens (primary N) is 2. The van der Waals surface area contributed by atoms with Gasteiger partial charge in [0.2, 0.25) is 29.5 Å². The third-order valence-electron chi connectivity index (χ3n) is 10.8. The number of unbranched alkanes of at least 4 members (excludes halogenated alkanes) is 9. The Morgan fingerprint density at radius 2 is 0.897 bits per heavy atom. The summed E-state index contributed by atoms with van der Waals surface area (Å²) >= 11 is 0. The van der Waals surface area contributed by atoms with Crippen LogP contribution in [0.15, 0.2) is 24.3 Å². The summed E-state index contributed by atoms with van der Waals surface area (Å²) in [6.07, 6.45) is 7.76. The van der Waals surface area contributed by atoms with Crippen LogP contribution in [0.5, 0.6) is 5.75 Å². The molecule has 0 saturated carbocycles. The van der Waals surface area contributed by atoms with Crippen molar-refractivity contribution < 1.29 is 73.1 Å². The number of hydrogen-bond donors (Lipinski definition) is 11. The van der Waals surface area contributed by atoms with Gasteiger partial charge in [0.25, 0.3) is 0 Å². The number of aromatic carboxylic acids is 1. The number of nitrogens with one attached hydrogen (secondary N) is 5. The molecule has 68 heavy (non-hydrogen) atoms. The fraction of sp³-hybridized carbons (Fsp3) is 0.644. The summed E-state index contributed by atoms with van der Waals surface area (Å²) in [6, 6.07) is 0.280. The van der Waals surface area contributed by atoms with E-state index in [1.54, 1.807) is 12.1 Å². The number of rotatable bonds is 40. The van der Waals surface area contributed by atoms with Gasteiger partial charge in [0, 0.05) is 38.8 Å².